The summed E-state index contributed by atoms with van der Waals surface area (Å²) in [5.74, 6) is -0.664. The summed E-state index contributed by atoms with van der Waals surface area (Å²) >= 11 is 0. The molecule has 0 spiro atoms. The number of aliphatic carboxylic acids is 1. The summed E-state index contributed by atoms with van der Waals surface area (Å²) in [5, 5.41) is 8.86. The maximum atomic E-state index is 11.1. The number of Topliss-reactive ketones (excluding diaryl/α,β-unsaturated/α-hetero) is 1. The minimum atomic E-state index is -0.822. The van der Waals surface area contributed by atoms with Crippen LogP contribution in [0.4, 0.5) is 0 Å². The minimum Gasteiger partial charge on any atom is -0.480 e. The quantitative estimate of drug-likeness (QED) is 0.696. The molecule has 74 valence electrons. The van der Waals surface area contributed by atoms with Crippen molar-refractivity contribution in [3.05, 3.63) is 0 Å². The van der Waals surface area contributed by atoms with Gasteiger partial charge >= 0.3 is 5.97 Å². The van der Waals surface area contributed by atoms with E-state index in [2.05, 4.69) is 0 Å². The lowest BCUT2D eigenvalue weighted by atomic mass is 10.1. The molecule has 0 aromatic rings. The molecule has 1 unspecified atom stereocenters. The number of nitrogens with zero attached hydrogens (tertiary/aromatic N) is 1. The second-order valence-electron chi connectivity index (χ2n) is 3.37. The first-order chi connectivity index (χ1) is 6.15. The third kappa shape index (κ3) is 2.52. The van der Waals surface area contributed by atoms with Crippen molar-refractivity contribution in [1.29, 1.82) is 0 Å². The van der Waals surface area contributed by atoms with Crippen molar-refractivity contribution in [3.63, 3.8) is 0 Å². The number of hydrogen-bond acceptors (Lipinski definition) is 3. The number of piperidine rings is 1. The molecule has 1 fully saturated rings. The maximum Gasteiger partial charge on any atom is 0.320 e. The Bertz CT molecular complexity index is 215. The van der Waals surface area contributed by atoms with E-state index in [0.29, 0.717) is 19.4 Å². The van der Waals surface area contributed by atoms with Crippen molar-refractivity contribution < 1.29 is 14.7 Å². The number of hydrogen-bond donors (Lipinski definition) is 1. The summed E-state index contributed by atoms with van der Waals surface area (Å²) in [7, 11) is 0. The van der Waals surface area contributed by atoms with E-state index >= 15 is 0 Å². The second-order valence-corrected chi connectivity index (χ2v) is 3.37. The number of carboxylic acid groups (broad SMARTS) is 1. The first-order valence-electron chi connectivity index (χ1n) is 4.63. The standard InChI is InChI=1S/C9H15NO3/c1-2-8(9(12)13)10-5-3-4-7(11)6-10/h8H,2-6H2,1H3,(H,12,13). The lowest BCUT2D eigenvalue weighted by molar-refractivity contribution is -0.144. The largest absolute Gasteiger partial charge is 0.480 e. The van der Waals surface area contributed by atoms with Crippen molar-refractivity contribution in [2.45, 2.75) is 32.2 Å². The number of carbonyl (C=O) groups excluding carboxylic acids is 1. The van der Waals surface area contributed by atoms with Gasteiger partial charge in [0.2, 0.25) is 0 Å². The Kier molecular flexibility index (Phi) is 3.42. The predicted molar refractivity (Wildman–Crippen MR) is 47.5 cm³/mol. The van der Waals surface area contributed by atoms with Crippen LogP contribution in [0.1, 0.15) is 26.2 Å². The van der Waals surface area contributed by atoms with Gasteiger partial charge in [-0.3, -0.25) is 14.5 Å². The molecule has 0 bridgehead atoms. The summed E-state index contributed by atoms with van der Waals surface area (Å²) in [6.07, 6.45) is 1.96. The fourth-order valence-corrected chi connectivity index (χ4v) is 1.72. The maximum absolute atomic E-state index is 11.1. The molecule has 0 aromatic heterocycles. The Morgan fingerprint density at radius 1 is 1.69 bits per heavy atom. The molecule has 1 heterocycles. The highest BCUT2D eigenvalue weighted by Gasteiger charge is 2.27. The van der Waals surface area contributed by atoms with Crippen molar-refractivity contribution in [1.82, 2.24) is 4.90 Å². The summed E-state index contributed by atoms with van der Waals surface area (Å²) in [6.45, 7) is 2.87. The Balaban J connectivity index is 2.57. The van der Waals surface area contributed by atoms with Crippen LogP contribution in [-0.4, -0.2) is 40.9 Å². The average molecular weight is 185 g/mol. The van der Waals surface area contributed by atoms with Crippen LogP contribution in [0.15, 0.2) is 0 Å². The molecule has 0 aromatic carbocycles. The van der Waals surface area contributed by atoms with Gasteiger partial charge in [-0.15, -0.1) is 0 Å². The third-order valence-electron chi connectivity index (χ3n) is 2.39. The zero-order valence-corrected chi connectivity index (χ0v) is 7.82. The SMILES string of the molecule is CCC(C(=O)O)N1CCCC(=O)C1. The Hall–Kier alpha value is -0.900. The van der Waals surface area contributed by atoms with E-state index in [1.165, 1.54) is 0 Å². The molecule has 1 rings (SSSR count). The normalized spacial score (nSPS) is 21.5. The Labute approximate surface area is 77.5 Å². The van der Waals surface area contributed by atoms with Crippen LogP contribution in [0.25, 0.3) is 0 Å². The molecule has 1 atom stereocenters. The number of rotatable bonds is 3. The lowest BCUT2D eigenvalue weighted by Crippen LogP contribution is -2.46. The molecule has 13 heavy (non-hydrogen) atoms. The van der Waals surface area contributed by atoms with Gasteiger partial charge in [-0.1, -0.05) is 6.92 Å². The molecular weight excluding hydrogens is 170 g/mol. The van der Waals surface area contributed by atoms with E-state index in [9.17, 15) is 9.59 Å². The number of carboxylic acids is 1. The van der Waals surface area contributed by atoms with Gasteiger partial charge in [0.15, 0.2) is 0 Å². The van der Waals surface area contributed by atoms with Crippen molar-refractivity contribution in [2.75, 3.05) is 13.1 Å². The highest BCUT2D eigenvalue weighted by Crippen LogP contribution is 2.12. The van der Waals surface area contributed by atoms with E-state index in [0.717, 1.165) is 13.0 Å². The van der Waals surface area contributed by atoms with E-state index in [4.69, 9.17) is 5.11 Å². The Morgan fingerprint density at radius 2 is 2.38 bits per heavy atom. The fraction of sp³-hybridized carbons (Fsp3) is 0.778. The van der Waals surface area contributed by atoms with E-state index in [1.807, 2.05) is 6.92 Å². The van der Waals surface area contributed by atoms with E-state index in [1.54, 1.807) is 4.90 Å². The highest BCUT2D eigenvalue weighted by molar-refractivity contribution is 5.82. The molecule has 0 radical (unpaired) electrons. The molecule has 4 nitrogen and oxygen atoms in total. The molecule has 1 aliphatic rings. The monoisotopic (exact) mass is 185 g/mol. The smallest absolute Gasteiger partial charge is 0.320 e. The van der Waals surface area contributed by atoms with Gasteiger partial charge in [0.25, 0.3) is 0 Å². The Morgan fingerprint density at radius 3 is 2.85 bits per heavy atom. The molecule has 0 aliphatic carbocycles. The van der Waals surface area contributed by atoms with Crippen molar-refractivity contribution in [3.8, 4) is 0 Å². The zero-order valence-electron chi connectivity index (χ0n) is 7.82. The van der Waals surface area contributed by atoms with Gasteiger partial charge in [-0.25, -0.2) is 0 Å². The lowest BCUT2D eigenvalue weighted by Gasteiger charge is -2.30. The molecule has 1 N–H and O–H groups in total. The summed E-state index contributed by atoms with van der Waals surface area (Å²) in [4.78, 5) is 23.6. The highest BCUT2D eigenvalue weighted by atomic mass is 16.4. The zero-order chi connectivity index (χ0) is 9.84. The second kappa shape index (κ2) is 4.37. The average Bonchev–Trinajstić information content (AvgIpc) is 2.04. The minimum absolute atomic E-state index is 0.158. The summed E-state index contributed by atoms with van der Waals surface area (Å²) in [6, 6.07) is -0.482. The van der Waals surface area contributed by atoms with Crippen LogP contribution in [0, 0.1) is 0 Å². The molecule has 0 amide bonds. The predicted octanol–water partition coefficient (Wildman–Crippen LogP) is 0.514. The summed E-state index contributed by atoms with van der Waals surface area (Å²) in [5.41, 5.74) is 0. The molecule has 1 aliphatic heterocycles. The van der Waals surface area contributed by atoms with Crippen LogP contribution in [0.2, 0.25) is 0 Å². The van der Waals surface area contributed by atoms with Gasteiger partial charge in [0.1, 0.15) is 11.8 Å². The molecule has 1 saturated heterocycles. The van der Waals surface area contributed by atoms with Crippen LogP contribution in [0.3, 0.4) is 0 Å². The number of ketones is 1. The molecule has 4 heteroatoms. The number of carbonyl (C=O) groups is 2. The van der Waals surface area contributed by atoms with Gasteiger partial charge in [0, 0.05) is 6.42 Å². The third-order valence-corrected chi connectivity index (χ3v) is 2.39. The topological polar surface area (TPSA) is 57.6 Å². The molecular formula is C9H15NO3. The number of likely N-dealkylation sites (tertiary alicyclic amines) is 1. The van der Waals surface area contributed by atoms with E-state index in [-0.39, 0.29) is 5.78 Å². The van der Waals surface area contributed by atoms with Crippen molar-refractivity contribution >= 4 is 11.8 Å². The molecule has 0 saturated carbocycles. The van der Waals surface area contributed by atoms with Gasteiger partial charge < -0.3 is 5.11 Å². The van der Waals surface area contributed by atoms with Crippen LogP contribution in [0.5, 0.6) is 0 Å². The van der Waals surface area contributed by atoms with Crippen LogP contribution in [-0.2, 0) is 9.59 Å². The van der Waals surface area contributed by atoms with Crippen molar-refractivity contribution in [2.24, 2.45) is 0 Å². The van der Waals surface area contributed by atoms with E-state index < -0.39 is 12.0 Å². The van der Waals surface area contributed by atoms with Gasteiger partial charge in [-0.05, 0) is 19.4 Å². The fourth-order valence-electron chi connectivity index (χ4n) is 1.72. The van der Waals surface area contributed by atoms with Crippen LogP contribution >= 0.6 is 0 Å². The van der Waals surface area contributed by atoms with Crippen LogP contribution < -0.4 is 0 Å². The summed E-state index contributed by atoms with van der Waals surface area (Å²) < 4.78 is 0. The van der Waals surface area contributed by atoms with Gasteiger partial charge in [-0.2, -0.15) is 0 Å². The first kappa shape index (κ1) is 10.2. The first-order valence-corrected chi connectivity index (χ1v) is 4.63. The van der Waals surface area contributed by atoms with Gasteiger partial charge in [0.05, 0.1) is 6.54 Å².